The maximum atomic E-state index is 12.1. The highest BCUT2D eigenvalue weighted by molar-refractivity contribution is 8.03. The molecule has 3 rings (SSSR count). The van der Waals surface area contributed by atoms with Crippen molar-refractivity contribution in [3.63, 3.8) is 0 Å². The monoisotopic (exact) mass is 474 g/mol. The molecule has 0 atom stereocenters. The topological polar surface area (TPSA) is 85.7 Å². The lowest BCUT2D eigenvalue weighted by molar-refractivity contribution is -0.118. The predicted molar refractivity (Wildman–Crippen MR) is 127 cm³/mol. The van der Waals surface area contributed by atoms with E-state index in [4.69, 9.17) is 9.47 Å². The van der Waals surface area contributed by atoms with Crippen LogP contribution in [0.4, 0.5) is 0 Å². The zero-order valence-corrected chi connectivity index (χ0v) is 19.8. The van der Waals surface area contributed by atoms with Crippen LogP contribution in [0.2, 0.25) is 0 Å². The van der Waals surface area contributed by atoms with Crippen molar-refractivity contribution in [1.29, 1.82) is 0 Å². The van der Waals surface area contributed by atoms with Gasteiger partial charge in [0.2, 0.25) is 0 Å². The quantitative estimate of drug-likeness (QED) is 0.265. The Bertz CT molecular complexity index is 1040. The van der Waals surface area contributed by atoms with Gasteiger partial charge in [-0.05, 0) is 24.6 Å². The van der Waals surface area contributed by atoms with Gasteiger partial charge in [0.1, 0.15) is 0 Å². The lowest BCUT2D eigenvalue weighted by Gasteiger charge is -2.09. The molecule has 10 heteroatoms. The number of hydrogen-bond acceptors (Lipinski definition) is 9. The molecule has 0 aliphatic rings. The molecule has 0 bridgehead atoms. The van der Waals surface area contributed by atoms with E-state index in [-0.39, 0.29) is 11.7 Å². The van der Waals surface area contributed by atoms with Crippen LogP contribution in [0.25, 0.3) is 0 Å². The van der Waals surface area contributed by atoms with Gasteiger partial charge in [0.05, 0.1) is 26.2 Å². The highest BCUT2D eigenvalue weighted by Gasteiger charge is 2.10. The number of ether oxygens (including phenoxy) is 2. The number of hydrogen-bond donors (Lipinski definition) is 1. The van der Waals surface area contributed by atoms with Crippen LogP contribution < -0.4 is 14.9 Å². The molecule has 162 valence electrons. The minimum atomic E-state index is -0.229. The van der Waals surface area contributed by atoms with E-state index < -0.39 is 0 Å². The van der Waals surface area contributed by atoms with Gasteiger partial charge in [0, 0.05) is 11.3 Å². The summed E-state index contributed by atoms with van der Waals surface area (Å²) in [6.45, 7) is 2.07. The Balaban J connectivity index is 1.45. The average Bonchev–Trinajstić information content (AvgIpc) is 3.25. The van der Waals surface area contributed by atoms with E-state index in [9.17, 15) is 4.79 Å². The molecular weight excluding hydrogens is 452 g/mol. The summed E-state index contributed by atoms with van der Waals surface area (Å²) in [6, 6.07) is 13.9. The summed E-state index contributed by atoms with van der Waals surface area (Å²) in [6.07, 6.45) is 1.52. The van der Waals surface area contributed by atoms with Crippen LogP contribution in [0.3, 0.4) is 0 Å². The Labute approximate surface area is 193 Å². The number of para-hydroxylation sites is 1. The van der Waals surface area contributed by atoms with E-state index >= 15 is 0 Å². The number of carbonyl (C=O) groups is 1. The molecule has 1 N–H and O–H groups in total. The Morgan fingerprint density at radius 2 is 1.84 bits per heavy atom. The number of aromatic nitrogens is 2. The van der Waals surface area contributed by atoms with E-state index in [2.05, 4.69) is 51.9 Å². The van der Waals surface area contributed by atoms with E-state index in [0.717, 1.165) is 14.4 Å². The third kappa shape index (κ3) is 6.98. The van der Waals surface area contributed by atoms with Crippen LogP contribution in [-0.2, 0) is 10.5 Å². The van der Waals surface area contributed by atoms with Gasteiger partial charge >= 0.3 is 0 Å². The van der Waals surface area contributed by atoms with E-state index in [1.807, 2.05) is 12.1 Å². The fourth-order valence-corrected chi connectivity index (χ4v) is 5.26. The van der Waals surface area contributed by atoms with Gasteiger partial charge < -0.3 is 9.47 Å². The van der Waals surface area contributed by atoms with Crippen LogP contribution in [0.5, 0.6) is 11.5 Å². The standard InChI is InChI=1S/C21H22N4O3S3/c1-14-7-9-15(10-8-14)12-29-20-24-25-21(31-20)30-13-18(26)23-22-11-16-5-4-6-17(27-2)19(16)28-3/h4-11H,12-13H2,1-3H3,(H,23,26)/b22-11+. The Kier molecular flexibility index (Phi) is 8.74. The summed E-state index contributed by atoms with van der Waals surface area (Å²) < 4.78 is 12.2. The number of nitrogens with zero attached hydrogens (tertiary/aromatic N) is 3. The summed E-state index contributed by atoms with van der Waals surface area (Å²) >= 11 is 4.45. The van der Waals surface area contributed by atoms with Crippen molar-refractivity contribution in [1.82, 2.24) is 15.6 Å². The fraction of sp³-hybridized carbons (Fsp3) is 0.238. The molecule has 0 fully saturated rings. The molecule has 0 saturated carbocycles. The van der Waals surface area contributed by atoms with E-state index in [0.29, 0.717) is 17.1 Å². The molecule has 31 heavy (non-hydrogen) atoms. The summed E-state index contributed by atoms with van der Waals surface area (Å²) in [4.78, 5) is 12.1. The normalized spacial score (nSPS) is 10.9. The zero-order valence-electron chi connectivity index (χ0n) is 17.3. The minimum Gasteiger partial charge on any atom is -0.493 e. The van der Waals surface area contributed by atoms with Crippen LogP contribution in [-0.4, -0.2) is 42.3 Å². The van der Waals surface area contributed by atoms with Crippen LogP contribution in [0, 0.1) is 6.92 Å². The van der Waals surface area contributed by atoms with Crippen LogP contribution in [0.1, 0.15) is 16.7 Å². The molecule has 0 spiro atoms. The molecule has 3 aromatic rings. The summed E-state index contributed by atoms with van der Waals surface area (Å²) in [7, 11) is 3.12. The van der Waals surface area contributed by atoms with Gasteiger partial charge in [-0.3, -0.25) is 4.79 Å². The highest BCUT2D eigenvalue weighted by atomic mass is 32.2. The molecule has 0 saturated heterocycles. The van der Waals surface area contributed by atoms with Gasteiger partial charge in [0.25, 0.3) is 5.91 Å². The van der Waals surface area contributed by atoms with E-state index in [1.165, 1.54) is 40.4 Å². The Morgan fingerprint density at radius 3 is 2.55 bits per heavy atom. The summed E-state index contributed by atoms with van der Waals surface area (Å²) in [5.41, 5.74) is 5.70. The first kappa shape index (κ1) is 23.1. The number of benzene rings is 2. The SMILES string of the molecule is COc1cccc(/C=N/NC(=O)CSc2nnc(SCc3ccc(C)cc3)s2)c1OC. The van der Waals surface area contributed by atoms with Crippen molar-refractivity contribution < 1.29 is 14.3 Å². The molecule has 0 radical (unpaired) electrons. The number of aryl methyl sites for hydroxylation is 1. The second-order valence-corrected chi connectivity index (χ2v) is 9.70. The molecule has 1 heterocycles. The maximum absolute atomic E-state index is 12.1. The van der Waals surface area contributed by atoms with Crippen molar-refractivity contribution in [2.45, 2.75) is 21.4 Å². The van der Waals surface area contributed by atoms with Crippen molar-refractivity contribution in [3.05, 3.63) is 59.2 Å². The van der Waals surface area contributed by atoms with Gasteiger partial charge in [-0.2, -0.15) is 5.10 Å². The van der Waals surface area contributed by atoms with Crippen LogP contribution in [0.15, 0.2) is 56.2 Å². The molecule has 2 aromatic carbocycles. The Hall–Kier alpha value is -2.56. The number of amides is 1. The lowest BCUT2D eigenvalue weighted by atomic mass is 10.2. The molecule has 0 aliphatic carbocycles. The van der Waals surface area contributed by atoms with Crippen molar-refractivity contribution >= 4 is 47.0 Å². The third-order valence-electron chi connectivity index (χ3n) is 4.02. The first-order valence-electron chi connectivity index (χ1n) is 9.26. The second-order valence-electron chi connectivity index (χ2n) is 6.27. The first-order chi connectivity index (χ1) is 15.1. The first-order valence-corrected chi connectivity index (χ1v) is 12.1. The summed E-state index contributed by atoms with van der Waals surface area (Å²) in [5.74, 6) is 1.96. The van der Waals surface area contributed by atoms with Crippen LogP contribution >= 0.6 is 34.9 Å². The largest absolute Gasteiger partial charge is 0.493 e. The number of rotatable bonds is 10. The fourth-order valence-electron chi connectivity index (χ4n) is 2.49. The number of carbonyl (C=O) groups excluding carboxylic acids is 1. The second kappa shape index (κ2) is 11.7. The summed E-state index contributed by atoms with van der Waals surface area (Å²) in [5, 5.41) is 12.3. The van der Waals surface area contributed by atoms with Gasteiger partial charge in [-0.15, -0.1) is 10.2 Å². The number of nitrogens with one attached hydrogen (secondary N) is 1. The molecule has 1 aromatic heterocycles. The Morgan fingerprint density at radius 1 is 1.10 bits per heavy atom. The lowest BCUT2D eigenvalue weighted by Crippen LogP contribution is -2.19. The number of methoxy groups -OCH3 is 2. The molecule has 7 nitrogen and oxygen atoms in total. The zero-order chi connectivity index (χ0) is 22.1. The van der Waals surface area contributed by atoms with Gasteiger partial charge in [-0.1, -0.05) is 70.8 Å². The average molecular weight is 475 g/mol. The third-order valence-corrected chi connectivity index (χ3v) is 7.28. The van der Waals surface area contributed by atoms with Crippen molar-refractivity contribution in [2.24, 2.45) is 5.10 Å². The molecular formula is C21H22N4O3S3. The van der Waals surface area contributed by atoms with Gasteiger partial charge in [0.15, 0.2) is 20.2 Å². The van der Waals surface area contributed by atoms with Crippen molar-refractivity contribution in [2.75, 3.05) is 20.0 Å². The predicted octanol–water partition coefficient (Wildman–Crippen LogP) is 4.40. The highest BCUT2D eigenvalue weighted by Crippen LogP contribution is 2.31. The number of hydrazone groups is 1. The van der Waals surface area contributed by atoms with Crippen molar-refractivity contribution in [3.8, 4) is 11.5 Å². The molecule has 0 aliphatic heterocycles. The molecule has 1 amide bonds. The minimum absolute atomic E-state index is 0.198. The maximum Gasteiger partial charge on any atom is 0.250 e. The molecule has 0 unspecified atom stereocenters. The van der Waals surface area contributed by atoms with Gasteiger partial charge in [-0.25, -0.2) is 5.43 Å². The smallest absolute Gasteiger partial charge is 0.250 e. The number of thioether (sulfide) groups is 2. The van der Waals surface area contributed by atoms with E-state index in [1.54, 1.807) is 32.0 Å².